The molecule has 0 saturated heterocycles. The van der Waals surface area contributed by atoms with E-state index in [1.165, 1.54) is 12.1 Å². The fourth-order valence-electron chi connectivity index (χ4n) is 2.84. The monoisotopic (exact) mass is 435 g/mol. The summed E-state index contributed by atoms with van der Waals surface area (Å²) in [4.78, 5) is 16.1. The molecule has 1 heterocycles. The number of carbonyl (C=O) groups is 1. The molecule has 158 valence electrons. The van der Waals surface area contributed by atoms with Crippen LogP contribution in [0.5, 0.6) is 0 Å². The van der Waals surface area contributed by atoms with Gasteiger partial charge in [-0.15, -0.1) is 11.8 Å². The molecule has 0 aliphatic carbocycles. The SMILES string of the molecule is Cc1ccc(CCC(=O)O)cc1SCc1oc(-c2ccc(C(F)(F)F)cc2)nc1C. The summed E-state index contributed by atoms with van der Waals surface area (Å²) in [5, 5.41) is 8.85. The first-order chi connectivity index (χ1) is 14.1. The van der Waals surface area contributed by atoms with Gasteiger partial charge >= 0.3 is 12.1 Å². The highest BCUT2D eigenvalue weighted by atomic mass is 32.2. The molecule has 0 amide bonds. The van der Waals surface area contributed by atoms with Crippen LogP contribution in [0.25, 0.3) is 11.5 Å². The van der Waals surface area contributed by atoms with Crippen molar-refractivity contribution in [2.24, 2.45) is 0 Å². The number of carboxylic acid groups (broad SMARTS) is 1. The number of alkyl halides is 3. The van der Waals surface area contributed by atoms with Crippen molar-refractivity contribution in [3.8, 4) is 11.5 Å². The van der Waals surface area contributed by atoms with Crippen molar-refractivity contribution in [1.82, 2.24) is 4.98 Å². The summed E-state index contributed by atoms with van der Waals surface area (Å²) in [6.07, 6.45) is -3.85. The molecule has 3 rings (SSSR count). The molecule has 8 heteroatoms. The molecule has 0 spiro atoms. The van der Waals surface area contributed by atoms with E-state index in [1.807, 2.05) is 25.1 Å². The van der Waals surface area contributed by atoms with Gasteiger partial charge in [0.05, 0.1) is 17.0 Å². The van der Waals surface area contributed by atoms with Gasteiger partial charge in [0, 0.05) is 16.9 Å². The Hall–Kier alpha value is -2.74. The van der Waals surface area contributed by atoms with Crippen molar-refractivity contribution in [1.29, 1.82) is 0 Å². The predicted octanol–water partition coefficient (Wildman–Crippen LogP) is 6.29. The number of oxazole rings is 1. The Morgan fingerprint density at radius 1 is 1.13 bits per heavy atom. The van der Waals surface area contributed by atoms with Crippen molar-refractivity contribution in [2.75, 3.05) is 0 Å². The van der Waals surface area contributed by atoms with Gasteiger partial charge in [-0.2, -0.15) is 13.2 Å². The highest BCUT2D eigenvalue weighted by Crippen LogP contribution is 2.33. The molecule has 30 heavy (non-hydrogen) atoms. The van der Waals surface area contributed by atoms with Crippen molar-refractivity contribution in [3.63, 3.8) is 0 Å². The van der Waals surface area contributed by atoms with Crippen molar-refractivity contribution < 1.29 is 27.5 Å². The molecule has 2 aromatic carbocycles. The lowest BCUT2D eigenvalue weighted by atomic mass is 10.1. The molecule has 0 saturated carbocycles. The second-order valence-electron chi connectivity index (χ2n) is 6.88. The van der Waals surface area contributed by atoms with Crippen LogP contribution in [-0.4, -0.2) is 16.1 Å². The van der Waals surface area contributed by atoms with E-state index < -0.39 is 17.7 Å². The minimum atomic E-state index is -4.39. The summed E-state index contributed by atoms with van der Waals surface area (Å²) in [5.41, 5.74) is 2.46. The number of aliphatic carboxylic acids is 1. The zero-order chi connectivity index (χ0) is 21.9. The van der Waals surface area contributed by atoms with Crippen LogP contribution in [0.15, 0.2) is 51.8 Å². The molecule has 0 atom stereocenters. The Morgan fingerprint density at radius 2 is 1.83 bits per heavy atom. The summed E-state index contributed by atoms with van der Waals surface area (Å²) in [5.74, 6) is 0.592. The third-order valence-corrected chi connectivity index (χ3v) is 5.75. The number of halogens is 3. The Balaban J connectivity index is 1.72. The van der Waals surface area contributed by atoms with Crippen LogP contribution >= 0.6 is 11.8 Å². The third kappa shape index (κ3) is 5.44. The molecule has 1 N–H and O–H groups in total. The first kappa shape index (κ1) is 22.0. The third-order valence-electron chi connectivity index (χ3n) is 4.59. The van der Waals surface area contributed by atoms with Gasteiger partial charge in [0.15, 0.2) is 0 Å². The lowest BCUT2D eigenvalue weighted by molar-refractivity contribution is -0.138. The maximum absolute atomic E-state index is 12.7. The number of rotatable bonds is 7. The number of aryl methyl sites for hydroxylation is 3. The zero-order valence-corrected chi connectivity index (χ0v) is 17.2. The maximum atomic E-state index is 12.7. The van der Waals surface area contributed by atoms with E-state index in [2.05, 4.69) is 4.98 Å². The summed E-state index contributed by atoms with van der Waals surface area (Å²) in [7, 11) is 0. The average molecular weight is 435 g/mol. The highest BCUT2D eigenvalue weighted by Gasteiger charge is 2.30. The van der Waals surface area contributed by atoms with Gasteiger partial charge in [0.1, 0.15) is 5.76 Å². The first-order valence-corrected chi connectivity index (χ1v) is 10.2. The smallest absolute Gasteiger partial charge is 0.416 e. The number of benzene rings is 2. The standard InChI is InChI=1S/C22H20F3NO3S/c1-13-3-4-15(5-10-20(27)28)11-19(13)30-12-18-14(2)26-21(29-18)16-6-8-17(9-7-16)22(23,24)25/h3-4,6-9,11H,5,10,12H2,1-2H3,(H,27,28). The second kappa shape index (κ2) is 8.95. The fraction of sp³-hybridized carbons (Fsp3) is 0.273. The highest BCUT2D eigenvalue weighted by molar-refractivity contribution is 7.98. The van der Waals surface area contributed by atoms with Crippen LogP contribution in [-0.2, 0) is 23.1 Å². The molecule has 3 aromatic rings. The second-order valence-corrected chi connectivity index (χ2v) is 7.90. The molecule has 0 unspecified atom stereocenters. The molecular formula is C22H20F3NO3S. The van der Waals surface area contributed by atoms with E-state index in [0.717, 1.165) is 28.2 Å². The quantitative estimate of drug-likeness (QED) is 0.442. The lowest BCUT2D eigenvalue weighted by Crippen LogP contribution is -2.03. The maximum Gasteiger partial charge on any atom is 0.416 e. The first-order valence-electron chi connectivity index (χ1n) is 9.21. The van der Waals surface area contributed by atoms with E-state index in [9.17, 15) is 18.0 Å². The number of carboxylic acids is 1. The molecular weight excluding hydrogens is 415 g/mol. The van der Waals surface area contributed by atoms with Gasteiger partial charge in [-0.05, 0) is 61.7 Å². The number of hydrogen-bond donors (Lipinski definition) is 1. The van der Waals surface area contributed by atoms with Crippen LogP contribution in [0, 0.1) is 13.8 Å². The predicted molar refractivity (Wildman–Crippen MR) is 108 cm³/mol. The molecule has 0 fully saturated rings. The summed E-state index contributed by atoms with van der Waals surface area (Å²) in [6.45, 7) is 3.77. The molecule has 0 radical (unpaired) electrons. The van der Waals surface area contributed by atoms with E-state index in [0.29, 0.717) is 29.2 Å². The molecule has 0 bridgehead atoms. The van der Waals surface area contributed by atoms with Gasteiger partial charge < -0.3 is 9.52 Å². The largest absolute Gasteiger partial charge is 0.481 e. The van der Waals surface area contributed by atoms with Crippen LogP contribution in [0.3, 0.4) is 0 Å². The Bertz CT molecular complexity index is 1040. The zero-order valence-electron chi connectivity index (χ0n) is 16.4. The van der Waals surface area contributed by atoms with Crippen LogP contribution in [0.2, 0.25) is 0 Å². The van der Waals surface area contributed by atoms with Gasteiger partial charge in [-0.1, -0.05) is 12.1 Å². The Kier molecular flexibility index (Phi) is 6.55. The van der Waals surface area contributed by atoms with Gasteiger partial charge in [0.25, 0.3) is 0 Å². The van der Waals surface area contributed by atoms with Crippen LogP contribution < -0.4 is 0 Å². The van der Waals surface area contributed by atoms with E-state index in [1.54, 1.807) is 18.7 Å². The summed E-state index contributed by atoms with van der Waals surface area (Å²) in [6, 6.07) is 10.6. The fourth-order valence-corrected chi connectivity index (χ4v) is 3.92. The van der Waals surface area contributed by atoms with Crippen molar-refractivity contribution >= 4 is 17.7 Å². The van der Waals surface area contributed by atoms with Crippen LogP contribution in [0.1, 0.15) is 34.6 Å². The van der Waals surface area contributed by atoms with Crippen molar-refractivity contribution in [3.05, 3.63) is 70.6 Å². The Morgan fingerprint density at radius 3 is 2.47 bits per heavy atom. The lowest BCUT2D eigenvalue weighted by Gasteiger charge is -2.08. The Labute approximate surface area is 176 Å². The van der Waals surface area contributed by atoms with Gasteiger partial charge in [0.2, 0.25) is 5.89 Å². The minimum Gasteiger partial charge on any atom is -0.481 e. The van der Waals surface area contributed by atoms with E-state index >= 15 is 0 Å². The van der Waals surface area contributed by atoms with E-state index in [-0.39, 0.29) is 12.3 Å². The molecule has 1 aromatic heterocycles. The van der Waals surface area contributed by atoms with Crippen LogP contribution in [0.4, 0.5) is 13.2 Å². The van der Waals surface area contributed by atoms with E-state index in [4.69, 9.17) is 9.52 Å². The van der Waals surface area contributed by atoms with Gasteiger partial charge in [-0.25, -0.2) is 4.98 Å². The molecule has 0 aliphatic heterocycles. The molecule has 4 nitrogen and oxygen atoms in total. The average Bonchev–Trinajstić information content (AvgIpc) is 3.06. The molecule has 0 aliphatic rings. The number of thioether (sulfide) groups is 1. The normalized spacial score (nSPS) is 11.6. The topological polar surface area (TPSA) is 63.3 Å². The summed E-state index contributed by atoms with van der Waals surface area (Å²) < 4.78 is 44.0. The van der Waals surface area contributed by atoms with Gasteiger partial charge in [-0.3, -0.25) is 4.79 Å². The summed E-state index contributed by atoms with van der Waals surface area (Å²) >= 11 is 1.55. The number of nitrogens with zero attached hydrogens (tertiary/aromatic N) is 1. The number of hydrogen-bond acceptors (Lipinski definition) is 4. The number of aromatic nitrogens is 1. The van der Waals surface area contributed by atoms with Crippen molar-refractivity contribution in [2.45, 2.75) is 43.5 Å². The minimum absolute atomic E-state index is 0.0743.